The van der Waals surface area contributed by atoms with Gasteiger partial charge in [0.25, 0.3) is 0 Å². The van der Waals surface area contributed by atoms with Crippen molar-refractivity contribution in [2.75, 3.05) is 4.90 Å². The maximum atomic E-state index is 6.92. The van der Waals surface area contributed by atoms with Gasteiger partial charge in [-0.3, -0.25) is 0 Å². The van der Waals surface area contributed by atoms with Crippen molar-refractivity contribution in [2.24, 2.45) is 0 Å². The molecule has 0 saturated carbocycles. The van der Waals surface area contributed by atoms with Crippen LogP contribution in [0.1, 0.15) is 0 Å². The van der Waals surface area contributed by atoms with Crippen molar-refractivity contribution in [3.63, 3.8) is 0 Å². The van der Waals surface area contributed by atoms with Gasteiger partial charge in [0.2, 0.25) is 0 Å². The molecule has 272 valence electrons. The third kappa shape index (κ3) is 4.97. The lowest BCUT2D eigenvalue weighted by Crippen LogP contribution is -2.16. The summed E-state index contributed by atoms with van der Waals surface area (Å²) in [6.07, 6.45) is 0. The van der Waals surface area contributed by atoms with Crippen LogP contribution in [0.5, 0.6) is 11.5 Å². The highest BCUT2D eigenvalue weighted by Gasteiger charge is 2.30. The van der Waals surface area contributed by atoms with Gasteiger partial charge in [0.15, 0.2) is 29.0 Å². The van der Waals surface area contributed by atoms with Crippen LogP contribution in [0.3, 0.4) is 0 Å². The Bertz CT molecular complexity index is 3320. The number of hydrogen-bond donors (Lipinski definition) is 0. The standard InChI is InChI=1S/C51H31N5O2/c1-4-15-32(16-5-1)49-52-50(33-17-6-2-7-18-33)54-51(53-49)39-23-14-22-38-40-31-35(27-30-44(40)57-47(38)39)56-41-24-11-10-21-36(41)37-28-29-43-48(46(37)56)58-45-26-13-12-25-42(45)55(43)34-19-8-3-9-20-34/h1-31H. The number of rotatable bonds is 5. The zero-order valence-corrected chi connectivity index (χ0v) is 31.0. The maximum Gasteiger partial charge on any atom is 0.176 e. The molecule has 7 heteroatoms. The Kier molecular flexibility index (Phi) is 7.09. The van der Waals surface area contributed by atoms with E-state index in [0.717, 1.165) is 94.7 Å². The first kappa shape index (κ1) is 32.2. The molecule has 4 heterocycles. The van der Waals surface area contributed by atoms with E-state index in [2.05, 4.69) is 107 Å². The van der Waals surface area contributed by atoms with Gasteiger partial charge < -0.3 is 18.6 Å². The number of hydrogen-bond acceptors (Lipinski definition) is 6. The number of aromatic nitrogens is 4. The Morgan fingerprint density at radius 1 is 0.431 bits per heavy atom. The zero-order chi connectivity index (χ0) is 38.2. The predicted octanol–water partition coefficient (Wildman–Crippen LogP) is 13.4. The second kappa shape index (κ2) is 12.8. The van der Waals surface area contributed by atoms with Gasteiger partial charge in [-0.25, -0.2) is 15.0 Å². The zero-order valence-electron chi connectivity index (χ0n) is 31.0. The molecular formula is C51H31N5O2. The van der Waals surface area contributed by atoms with Crippen LogP contribution in [0.2, 0.25) is 0 Å². The smallest absolute Gasteiger partial charge is 0.176 e. The summed E-state index contributed by atoms with van der Waals surface area (Å²) in [5.74, 6) is 3.35. The summed E-state index contributed by atoms with van der Waals surface area (Å²) in [5.41, 5.74) is 10.2. The van der Waals surface area contributed by atoms with Crippen LogP contribution in [0, 0.1) is 0 Å². The fourth-order valence-electron chi connectivity index (χ4n) is 8.42. The van der Waals surface area contributed by atoms with Crippen molar-refractivity contribution in [3.05, 3.63) is 188 Å². The molecule has 11 aromatic rings. The first-order chi connectivity index (χ1) is 28.8. The lowest BCUT2D eigenvalue weighted by Gasteiger charge is -2.33. The van der Waals surface area contributed by atoms with E-state index in [-0.39, 0.29) is 0 Å². The van der Waals surface area contributed by atoms with E-state index in [1.165, 1.54) is 0 Å². The predicted molar refractivity (Wildman–Crippen MR) is 233 cm³/mol. The Morgan fingerprint density at radius 3 is 1.86 bits per heavy atom. The number of fused-ring (bicyclic) bond motifs is 9. The topological polar surface area (TPSA) is 69.2 Å². The number of furan rings is 1. The lowest BCUT2D eigenvalue weighted by atomic mass is 10.1. The largest absolute Gasteiger partial charge is 0.455 e. The summed E-state index contributed by atoms with van der Waals surface area (Å²) in [7, 11) is 0. The second-order valence-corrected chi connectivity index (χ2v) is 14.4. The van der Waals surface area contributed by atoms with E-state index in [1.807, 2.05) is 91.0 Å². The summed E-state index contributed by atoms with van der Waals surface area (Å²) in [6, 6.07) is 64.3. The van der Waals surface area contributed by atoms with Gasteiger partial charge in [-0.05, 0) is 66.7 Å². The van der Waals surface area contributed by atoms with E-state index in [9.17, 15) is 0 Å². The Hall–Kier alpha value is -8.03. The van der Waals surface area contributed by atoms with Crippen LogP contribution >= 0.6 is 0 Å². The van der Waals surface area contributed by atoms with Crippen LogP contribution in [0.25, 0.3) is 83.6 Å². The maximum absolute atomic E-state index is 6.92. The number of anilines is 3. The van der Waals surface area contributed by atoms with Crippen molar-refractivity contribution in [3.8, 4) is 51.3 Å². The second-order valence-electron chi connectivity index (χ2n) is 14.4. The van der Waals surface area contributed by atoms with Crippen molar-refractivity contribution in [1.29, 1.82) is 0 Å². The summed E-state index contributed by atoms with van der Waals surface area (Å²) < 4.78 is 16.0. The van der Waals surface area contributed by atoms with Crippen LogP contribution in [-0.4, -0.2) is 19.5 Å². The highest BCUT2D eigenvalue weighted by atomic mass is 16.5. The first-order valence-corrected chi connectivity index (χ1v) is 19.3. The van der Waals surface area contributed by atoms with Gasteiger partial charge in [0.05, 0.1) is 28.0 Å². The molecule has 0 fully saturated rings. The summed E-state index contributed by atoms with van der Waals surface area (Å²) >= 11 is 0. The monoisotopic (exact) mass is 745 g/mol. The number of para-hydroxylation sites is 5. The molecule has 0 N–H and O–H groups in total. The van der Waals surface area contributed by atoms with Gasteiger partial charge in [-0.15, -0.1) is 0 Å². The number of benzene rings is 8. The first-order valence-electron chi connectivity index (χ1n) is 19.3. The Labute approximate surface area is 332 Å². The van der Waals surface area contributed by atoms with Gasteiger partial charge in [0, 0.05) is 44.0 Å². The normalized spacial score (nSPS) is 12.2. The average Bonchev–Trinajstić information content (AvgIpc) is 3.85. The third-order valence-electron chi connectivity index (χ3n) is 11.0. The van der Waals surface area contributed by atoms with Crippen LogP contribution in [-0.2, 0) is 0 Å². The van der Waals surface area contributed by atoms with E-state index in [1.54, 1.807) is 0 Å². The van der Waals surface area contributed by atoms with Crippen molar-refractivity contribution in [2.45, 2.75) is 0 Å². The summed E-state index contributed by atoms with van der Waals surface area (Å²) in [6.45, 7) is 0. The average molecular weight is 746 g/mol. The molecule has 1 aliphatic heterocycles. The Balaban J connectivity index is 1.07. The van der Waals surface area contributed by atoms with E-state index >= 15 is 0 Å². The SMILES string of the molecule is c1ccc(-c2nc(-c3ccccc3)nc(-c3cccc4c3oc3ccc(-n5c6ccccc6c6ccc7c(c65)Oc5ccccc5N7c5ccccc5)cc34)n2)cc1. The molecular weight excluding hydrogens is 715 g/mol. The van der Waals surface area contributed by atoms with Crippen molar-refractivity contribution < 1.29 is 9.15 Å². The minimum atomic E-state index is 0.548. The summed E-state index contributed by atoms with van der Waals surface area (Å²) in [4.78, 5) is 17.3. The minimum absolute atomic E-state index is 0.548. The molecule has 7 nitrogen and oxygen atoms in total. The van der Waals surface area contributed by atoms with E-state index in [4.69, 9.17) is 24.1 Å². The highest BCUT2D eigenvalue weighted by molar-refractivity contribution is 6.15. The molecule has 0 saturated heterocycles. The molecule has 0 atom stereocenters. The van der Waals surface area contributed by atoms with Gasteiger partial charge in [0.1, 0.15) is 11.2 Å². The van der Waals surface area contributed by atoms with E-state index < -0.39 is 0 Å². The molecule has 0 amide bonds. The number of nitrogens with zero attached hydrogens (tertiary/aromatic N) is 5. The molecule has 3 aromatic heterocycles. The van der Waals surface area contributed by atoms with Crippen molar-refractivity contribution in [1.82, 2.24) is 19.5 Å². The fourth-order valence-corrected chi connectivity index (χ4v) is 8.42. The van der Waals surface area contributed by atoms with Gasteiger partial charge in [-0.1, -0.05) is 121 Å². The molecule has 12 rings (SSSR count). The fraction of sp³-hybridized carbons (Fsp3) is 0. The third-order valence-corrected chi connectivity index (χ3v) is 11.0. The Morgan fingerprint density at radius 2 is 1.09 bits per heavy atom. The quantitative estimate of drug-likeness (QED) is 0.175. The molecule has 0 aliphatic carbocycles. The van der Waals surface area contributed by atoms with Gasteiger partial charge >= 0.3 is 0 Å². The van der Waals surface area contributed by atoms with E-state index in [0.29, 0.717) is 17.5 Å². The lowest BCUT2D eigenvalue weighted by molar-refractivity contribution is 0.481. The van der Waals surface area contributed by atoms with Crippen LogP contribution in [0.15, 0.2) is 192 Å². The van der Waals surface area contributed by atoms with Crippen LogP contribution in [0.4, 0.5) is 17.1 Å². The molecule has 0 spiro atoms. The number of ether oxygens (including phenoxy) is 1. The van der Waals surface area contributed by atoms with Crippen molar-refractivity contribution >= 4 is 60.8 Å². The molecule has 58 heavy (non-hydrogen) atoms. The minimum Gasteiger partial charge on any atom is -0.455 e. The van der Waals surface area contributed by atoms with Gasteiger partial charge in [-0.2, -0.15) is 0 Å². The highest BCUT2D eigenvalue weighted by Crippen LogP contribution is 2.54. The summed E-state index contributed by atoms with van der Waals surface area (Å²) in [5, 5.41) is 4.22. The molecule has 0 unspecified atom stereocenters. The molecule has 0 radical (unpaired) electrons. The van der Waals surface area contributed by atoms with Crippen LogP contribution < -0.4 is 9.64 Å². The molecule has 1 aliphatic rings. The molecule has 0 bridgehead atoms. The molecule has 8 aromatic carbocycles.